The van der Waals surface area contributed by atoms with Crippen molar-refractivity contribution in [1.29, 1.82) is 0 Å². The lowest BCUT2D eigenvalue weighted by Gasteiger charge is -2.10. The number of anilines is 1. The highest BCUT2D eigenvalue weighted by Gasteiger charge is 2.13. The Morgan fingerprint density at radius 2 is 1.97 bits per heavy atom. The number of benzene rings is 1. The van der Waals surface area contributed by atoms with Crippen LogP contribution in [-0.2, 0) is 18.4 Å². The highest BCUT2D eigenvalue weighted by molar-refractivity contribution is 7.99. The van der Waals surface area contributed by atoms with E-state index < -0.39 is 0 Å². The molecule has 0 saturated carbocycles. The summed E-state index contributed by atoms with van der Waals surface area (Å²) in [7, 11) is 1.83. The minimum atomic E-state index is -0.210. The number of hydrogen-bond donors (Lipinski definition) is 1. The van der Waals surface area contributed by atoms with Gasteiger partial charge in [0.2, 0.25) is 5.91 Å². The van der Waals surface area contributed by atoms with Crippen molar-refractivity contribution in [1.82, 2.24) is 19.7 Å². The van der Waals surface area contributed by atoms with Gasteiger partial charge in [0.15, 0.2) is 16.1 Å². The predicted molar refractivity (Wildman–Crippen MR) is 115 cm³/mol. The Hall–Kier alpha value is -2.29. The van der Waals surface area contributed by atoms with E-state index in [2.05, 4.69) is 20.5 Å². The van der Waals surface area contributed by atoms with Crippen molar-refractivity contribution in [2.24, 2.45) is 7.05 Å². The molecule has 1 aromatic carbocycles. The van der Waals surface area contributed by atoms with Gasteiger partial charge in [-0.15, -0.1) is 10.2 Å². The average Bonchev–Trinajstić information content (AvgIpc) is 3.04. The first-order valence-corrected chi connectivity index (χ1v) is 10.4. The lowest BCUT2D eigenvalue weighted by atomic mass is 10.1. The second kappa shape index (κ2) is 9.47. The molecule has 2 heterocycles. The number of halogens is 2. The summed E-state index contributed by atoms with van der Waals surface area (Å²) < 4.78 is 7.62. The monoisotopic (exact) mass is 451 g/mol. The second-order valence-corrected chi connectivity index (χ2v) is 7.97. The van der Waals surface area contributed by atoms with Crippen molar-refractivity contribution < 1.29 is 9.53 Å². The SMILES string of the molecule is Cc1cc(OCc2nnc(SCC(=O)Nc3cccnc3Cl)n2C)cc(C)c1Cl. The summed E-state index contributed by atoms with van der Waals surface area (Å²) in [4.78, 5) is 16.1. The first-order chi connectivity index (χ1) is 13.8. The summed E-state index contributed by atoms with van der Waals surface area (Å²) in [5, 5.41) is 12.6. The number of amides is 1. The molecule has 0 aliphatic carbocycles. The van der Waals surface area contributed by atoms with Crippen molar-refractivity contribution in [3.05, 3.63) is 57.6 Å². The second-order valence-electron chi connectivity index (χ2n) is 6.30. The van der Waals surface area contributed by atoms with Crippen molar-refractivity contribution >= 4 is 46.6 Å². The number of ether oxygens (including phenoxy) is 1. The van der Waals surface area contributed by atoms with E-state index in [4.69, 9.17) is 27.9 Å². The van der Waals surface area contributed by atoms with E-state index in [0.717, 1.165) is 16.1 Å². The van der Waals surface area contributed by atoms with Gasteiger partial charge < -0.3 is 14.6 Å². The Bertz CT molecular complexity index is 1020. The molecule has 0 atom stereocenters. The van der Waals surface area contributed by atoms with E-state index in [1.165, 1.54) is 11.8 Å². The van der Waals surface area contributed by atoms with Crippen LogP contribution in [0, 0.1) is 13.8 Å². The average molecular weight is 452 g/mol. The molecule has 7 nitrogen and oxygen atoms in total. The van der Waals surface area contributed by atoms with Gasteiger partial charge in [0.25, 0.3) is 0 Å². The molecule has 0 saturated heterocycles. The summed E-state index contributed by atoms with van der Waals surface area (Å²) in [6.07, 6.45) is 1.56. The summed E-state index contributed by atoms with van der Waals surface area (Å²) in [6, 6.07) is 7.16. The van der Waals surface area contributed by atoms with Crippen LogP contribution in [0.15, 0.2) is 35.6 Å². The molecule has 0 aliphatic heterocycles. The van der Waals surface area contributed by atoms with Crippen LogP contribution in [-0.4, -0.2) is 31.4 Å². The summed E-state index contributed by atoms with van der Waals surface area (Å²) in [6.45, 7) is 4.12. The molecule has 0 aliphatic rings. The zero-order valence-corrected chi connectivity index (χ0v) is 18.4. The first-order valence-electron chi connectivity index (χ1n) is 8.66. The molecular weight excluding hydrogens is 433 g/mol. The van der Waals surface area contributed by atoms with Gasteiger partial charge in [-0.05, 0) is 49.2 Å². The van der Waals surface area contributed by atoms with Gasteiger partial charge in [0.1, 0.15) is 12.4 Å². The third-order valence-electron chi connectivity index (χ3n) is 4.07. The number of hydrogen-bond acceptors (Lipinski definition) is 6. The molecular formula is C19H19Cl2N5O2S. The number of aromatic nitrogens is 4. The predicted octanol–water partition coefficient (Wildman–Crippen LogP) is 4.44. The highest BCUT2D eigenvalue weighted by atomic mass is 35.5. The number of aryl methyl sites for hydroxylation is 2. The zero-order chi connectivity index (χ0) is 21.0. The number of nitrogens with one attached hydrogen (secondary N) is 1. The van der Waals surface area contributed by atoms with Gasteiger partial charge >= 0.3 is 0 Å². The van der Waals surface area contributed by atoms with Crippen LogP contribution >= 0.6 is 35.0 Å². The highest BCUT2D eigenvalue weighted by Crippen LogP contribution is 2.26. The molecule has 3 rings (SSSR count). The Kier molecular flexibility index (Phi) is 7.00. The number of rotatable bonds is 7. The fraction of sp³-hybridized carbons (Fsp3) is 0.263. The smallest absolute Gasteiger partial charge is 0.234 e. The maximum absolute atomic E-state index is 12.1. The van der Waals surface area contributed by atoms with Crippen LogP contribution in [0.5, 0.6) is 5.75 Å². The van der Waals surface area contributed by atoms with Crippen molar-refractivity contribution in [3.63, 3.8) is 0 Å². The summed E-state index contributed by atoms with van der Waals surface area (Å²) >= 11 is 13.4. The standard InChI is InChI=1S/C19H19Cl2N5O2S/c1-11-7-13(8-12(2)17(11)20)28-9-15-24-25-19(26(15)3)29-10-16(27)23-14-5-4-6-22-18(14)21/h4-8H,9-10H2,1-3H3,(H,23,27). The minimum Gasteiger partial charge on any atom is -0.486 e. The van der Waals surface area contributed by atoms with E-state index in [0.29, 0.717) is 22.4 Å². The van der Waals surface area contributed by atoms with Crippen LogP contribution in [0.25, 0.3) is 0 Å². The zero-order valence-electron chi connectivity index (χ0n) is 16.1. The van der Waals surface area contributed by atoms with Crippen molar-refractivity contribution in [2.45, 2.75) is 25.6 Å². The molecule has 3 aromatic rings. The van der Waals surface area contributed by atoms with Crippen molar-refractivity contribution in [3.8, 4) is 5.75 Å². The molecule has 152 valence electrons. The normalized spacial score (nSPS) is 10.8. The Morgan fingerprint density at radius 3 is 2.66 bits per heavy atom. The number of carbonyl (C=O) groups excluding carboxylic acids is 1. The largest absolute Gasteiger partial charge is 0.486 e. The van der Waals surface area contributed by atoms with Crippen LogP contribution < -0.4 is 10.1 Å². The van der Waals surface area contributed by atoms with E-state index in [-0.39, 0.29) is 23.4 Å². The third-order valence-corrected chi connectivity index (χ3v) is 5.99. The molecule has 0 radical (unpaired) electrons. The topological polar surface area (TPSA) is 81.9 Å². The molecule has 1 N–H and O–H groups in total. The van der Waals surface area contributed by atoms with Crippen LogP contribution in [0.3, 0.4) is 0 Å². The van der Waals surface area contributed by atoms with Gasteiger partial charge in [-0.2, -0.15) is 0 Å². The molecule has 10 heteroatoms. The molecule has 0 unspecified atom stereocenters. The number of carbonyl (C=O) groups is 1. The van der Waals surface area contributed by atoms with Gasteiger partial charge in [0, 0.05) is 18.3 Å². The van der Waals surface area contributed by atoms with Crippen LogP contribution in [0.2, 0.25) is 10.2 Å². The minimum absolute atomic E-state index is 0.160. The van der Waals surface area contributed by atoms with Gasteiger partial charge in [-0.3, -0.25) is 4.79 Å². The fourth-order valence-corrected chi connectivity index (χ4v) is 3.54. The first kappa shape index (κ1) is 21.4. The lowest BCUT2D eigenvalue weighted by molar-refractivity contribution is -0.113. The quantitative estimate of drug-likeness (QED) is 0.422. The molecule has 0 spiro atoms. The van der Waals surface area contributed by atoms with Crippen LogP contribution in [0.1, 0.15) is 17.0 Å². The Balaban J connectivity index is 1.56. The Morgan fingerprint density at radius 1 is 1.24 bits per heavy atom. The number of nitrogens with zero attached hydrogens (tertiary/aromatic N) is 4. The molecule has 0 fully saturated rings. The summed E-state index contributed by atoms with van der Waals surface area (Å²) in [5.41, 5.74) is 2.38. The molecule has 29 heavy (non-hydrogen) atoms. The van der Waals surface area contributed by atoms with Gasteiger partial charge in [0.05, 0.1) is 11.4 Å². The molecule has 1 amide bonds. The number of pyridine rings is 1. The van der Waals surface area contributed by atoms with E-state index in [1.54, 1.807) is 22.9 Å². The van der Waals surface area contributed by atoms with E-state index in [1.807, 2.05) is 33.0 Å². The molecule has 2 aromatic heterocycles. The van der Waals surface area contributed by atoms with Crippen LogP contribution in [0.4, 0.5) is 5.69 Å². The fourth-order valence-electron chi connectivity index (χ4n) is 2.53. The maximum Gasteiger partial charge on any atom is 0.234 e. The third kappa shape index (κ3) is 5.41. The maximum atomic E-state index is 12.1. The van der Waals surface area contributed by atoms with Crippen molar-refractivity contribution in [2.75, 3.05) is 11.1 Å². The Labute approximate surface area is 182 Å². The number of thioether (sulfide) groups is 1. The van der Waals surface area contributed by atoms with E-state index >= 15 is 0 Å². The van der Waals surface area contributed by atoms with E-state index in [9.17, 15) is 4.79 Å². The molecule has 0 bridgehead atoms. The van der Waals surface area contributed by atoms with Gasteiger partial charge in [-0.1, -0.05) is 35.0 Å². The summed E-state index contributed by atoms with van der Waals surface area (Å²) in [5.74, 6) is 1.31. The van der Waals surface area contributed by atoms with Gasteiger partial charge in [-0.25, -0.2) is 4.98 Å². The lowest BCUT2D eigenvalue weighted by Crippen LogP contribution is -2.15.